The summed E-state index contributed by atoms with van der Waals surface area (Å²) in [5, 5.41) is 2.43. The molecule has 1 aromatic carbocycles. The Bertz CT molecular complexity index is 575. The van der Waals surface area contributed by atoms with E-state index in [0.717, 1.165) is 12.1 Å². The number of benzene rings is 1. The van der Waals surface area contributed by atoms with Gasteiger partial charge in [-0.15, -0.1) is 0 Å². The van der Waals surface area contributed by atoms with Gasteiger partial charge in [0.25, 0.3) is 0 Å². The zero-order valence-corrected chi connectivity index (χ0v) is 13.1. The minimum Gasteiger partial charge on any atom is -0.352 e. The lowest BCUT2D eigenvalue weighted by molar-refractivity contribution is -0.119. The number of amides is 3. The Hall–Kier alpha value is -2.04. The first kappa shape index (κ1) is 15.4. The van der Waals surface area contributed by atoms with Crippen LogP contribution < -0.4 is 16.0 Å². The number of anilines is 1. The topological polar surface area (TPSA) is 75.4 Å². The van der Waals surface area contributed by atoms with Crippen molar-refractivity contribution in [2.75, 3.05) is 11.4 Å². The van der Waals surface area contributed by atoms with Crippen LogP contribution in [0.2, 0.25) is 0 Å². The van der Waals surface area contributed by atoms with Crippen molar-refractivity contribution in [3.05, 3.63) is 29.3 Å². The normalized spacial score (nSPS) is 15.5. The van der Waals surface area contributed by atoms with Gasteiger partial charge in [-0.1, -0.05) is 32.9 Å². The van der Waals surface area contributed by atoms with Gasteiger partial charge in [-0.25, -0.2) is 4.79 Å². The third kappa shape index (κ3) is 3.17. The second-order valence-electron chi connectivity index (χ2n) is 6.56. The third-order valence-corrected chi connectivity index (χ3v) is 3.84. The molecule has 5 nitrogen and oxygen atoms in total. The summed E-state index contributed by atoms with van der Waals surface area (Å²) in [5.74, 6) is -0.129. The number of nitrogens with zero attached hydrogens (tertiary/aromatic N) is 1. The number of rotatable bonds is 2. The van der Waals surface area contributed by atoms with Crippen LogP contribution in [-0.2, 0) is 16.6 Å². The lowest BCUT2D eigenvalue weighted by atomic mass is 9.86. The number of urea groups is 1. The molecule has 114 valence electrons. The molecule has 0 unspecified atom stereocenters. The molecule has 1 heterocycles. The van der Waals surface area contributed by atoms with Gasteiger partial charge in [-0.3, -0.25) is 4.79 Å². The van der Waals surface area contributed by atoms with Crippen LogP contribution in [0.1, 0.15) is 38.8 Å². The van der Waals surface area contributed by atoms with Crippen molar-refractivity contribution < 1.29 is 9.59 Å². The minimum atomic E-state index is -0.682. The van der Waals surface area contributed by atoms with E-state index in [2.05, 4.69) is 38.2 Å². The summed E-state index contributed by atoms with van der Waals surface area (Å²) in [7, 11) is 0. The number of hydrogen-bond acceptors (Lipinski definition) is 2. The summed E-state index contributed by atoms with van der Waals surface area (Å²) in [4.78, 5) is 25.0. The van der Waals surface area contributed by atoms with Gasteiger partial charge in [0.15, 0.2) is 0 Å². The summed E-state index contributed by atoms with van der Waals surface area (Å²) in [6.45, 7) is 8.81. The van der Waals surface area contributed by atoms with Crippen molar-refractivity contribution in [2.24, 2.45) is 5.73 Å². The van der Waals surface area contributed by atoms with Gasteiger partial charge in [0.1, 0.15) is 6.04 Å². The van der Waals surface area contributed by atoms with Crippen molar-refractivity contribution >= 4 is 17.6 Å². The first-order valence-corrected chi connectivity index (χ1v) is 7.21. The van der Waals surface area contributed by atoms with Gasteiger partial charge in [0, 0.05) is 12.2 Å². The second-order valence-corrected chi connectivity index (χ2v) is 6.56. The molecule has 0 aliphatic carbocycles. The van der Waals surface area contributed by atoms with Gasteiger partial charge < -0.3 is 16.0 Å². The molecule has 0 spiro atoms. The molecule has 1 aromatic rings. The Morgan fingerprint density at radius 1 is 1.33 bits per heavy atom. The molecule has 0 bridgehead atoms. The van der Waals surface area contributed by atoms with Crippen LogP contribution in [0.4, 0.5) is 10.5 Å². The van der Waals surface area contributed by atoms with E-state index in [4.69, 9.17) is 5.73 Å². The summed E-state index contributed by atoms with van der Waals surface area (Å²) < 4.78 is 0. The first-order chi connectivity index (χ1) is 9.70. The summed E-state index contributed by atoms with van der Waals surface area (Å²) in [6.07, 6.45) is 0.842. The minimum absolute atomic E-state index is 0.0906. The Morgan fingerprint density at radius 3 is 2.57 bits per heavy atom. The summed E-state index contributed by atoms with van der Waals surface area (Å²) >= 11 is 0. The Kier molecular flexibility index (Phi) is 3.94. The Balaban J connectivity index is 2.23. The fraction of sp³-hybridized carbons (Fsp3) is 0.500. The monoisotopic (exact) mass is 289 g/mol. The summed E-state index contributed by atoms with van der Waals surface area (Å²) in [5.41, 5.74) is 8.54. The van der Waals surface area contributed by atoms with Crippen molar-refractivity contribution in [3.8, 4) is 0 Å². The van der Waals surface area contributed by atoms with Crippen LogP contribution in [0.25, 0.3) is 0 Å². The predicted octanol–water partition coefficient (Wildman–Crippen LogP) is 1.93. The average molecular weight is 289 g/mol. The fourth-order valence-electron chi connectivity index (χ4n) is 2.61. The highest BCUT2D eigenvalue weighted by Crippen LogP contribution is 2.33. The van der Waals surface area contributed by atoms with Gasteiger partial charge in [-0.05, 0) is 36.0 Å². The molecular formula is C16H23N3O2. The number of hydrogen-bond donors (Lipinski definition) is 2. The number of nitrogens with one attached hydrogen (secondary N) is 1. The molecule has 3 amide bonds. The predicted molar refractivity (Wildman–Crippen MR) is 83.4 cm³/mol. The molecule has 1 aliphatic heterocycles. The molecule has 5 heteroatoms. The van der Waals surface area contributed by atoms with Gasteiger partial charge in [0.05, 0.1) is 0 Å². The Labute approximate surface area is 125 Å². The molecule has 1 aliphatic rings. The first-order valence-electron chi connectivity index (χ1n) is 7.21. The lowest BCUT2D eigenvalue weighted by Gasteiger charge is -2.23. The van der Waals surface area contributed by atoms with E-state index in [-0.39, 0.29) is 11.3 Å². The van der Waals surface area contributed by atoms with E-state index in [1.807, 2.05) is 6.07 Å². The van der Waals surface area contributed by atoms with E-state index in [1.54, 1.807) is 11.8 Å². The van der Waals surface area contributed by atoms with Gasteiger partial charge in [0.2, 0.25) is 5.91 Å². The molecule has 0 saturated carbocycles. The number of fused-ring (bicyclic) bond motifs is 1. The Morgan fingerprint density at radius 2 is 2.00 bits per heavy atom. The SMILES string of the molecule is C[C@@H](NC(N)=O)C(=O)N1CCc2cc(C(C)(C)C)ccc21. The van der Waals surface area contributed by atoms with Crippen molar-refractivity contribution in [1.82, 2.24) is 5.32 Å². The third-order valence-electron chi connectivity index (χ3n) is 3.84. The van der Waals surface area contributed by atoms with Crippen LogP contribution in [-0.4, -0.2) is 24.5 Å². The molecule has 0 radical (unpaired) electrons. The highest BCUT2D eigenvalue weighted by Gasteiger charge is 2.29. The quantitative estimate of drug-likeness (QED) is 0.873. The number of primary amides is 1. The molecule has 1 atom stereocenters. The lowest BCUT2D eigenvalue weighted by Crippen LogP contribution is -2.48. The van der Waals surface area contributed by atoms with Crippen LogP contribution >= 0.6 is 0 Å². The number of carbonyl (C=O) groups is 2. The summed E-state index contributed by atoms with van der Waals surface area (Å²) in [6, 6.07) is 4.94. The van der Waals surface area contributed by atoms with Crippen LogP contribution in [0.15, 0.2) is 18.2 Å². The van der Waals surface area contributed by atoms with E-state index in [1.165, 1.54) is 11.1 Å². The fourth-order valence-corrected chi connectivity index (χ4v) is 2.61. The molecule has 0 fully saturated rings. The van der Waals surface area contributed by atoms with E-state index >= 15 is 0 Å². The van der Waals surface area contributed by atoms with E-state index < -0.39 is 12.1 Å². The average Bonchev–Trinajstić information content (AvgIpc) is 2.78. The van der Waals surface area contributed by atoms with Crippen molar-refractivity contribution in [3.63, 3.8) is 0 Å². The van der Waals surface area contributed by atoms with Gasteiger partial charge >= 0.3 is 6.03 Å². The highest BCUT2D eigenvalue weighted by atomic mass is 16.2. The molecular weight excluding hydrogens is 266 g/mol. The van der Waals surface area contributed by atoms with Crippen molar-refractivity contribution in [2.45, 2.75) is 45.6 Å². The maximum Gasteiger partial charge on any atom is 0.312 e. The highest BCUT2D eigenvalue weighted by molar-refractivity contribution is 6.00. The smallest absolute Gasteiger partial charge is 0.312 e. The van der Waals surface area contributed by atoms with Crippen LogP contribution in [0, 0.1) is 0 Å². The zero-order valence-electron chi connectivity index (χ0n) is 13.1. The van der Waals surface area contributed by atoms with Crippen LogP contribution in [0.5, 0.6) is 0 Å². The standard InChI is InChI=1S/C16H23N3O2/c1-10(18-15(17)21)14(20)19-8-7-11-9-12(16(2,3)4)5-6-13(11)19/h5-6,9-10H,7-8H2,1-4H3,(H3,17,18,21)/t10-/m1/s1. The maximum absolute atomic E-state index is 12.4. The maximum atomic E-state index is 12.4. The molecule has 0 saturated heterocycles. The molecule has 0 aromatic heterocycles. The van der Waals surface area contributed by atoms with Crippen molar-refractivity contribution in [1.29, 1.82) is 0 Å². The zero-order chi connectivity index (χ0) is 15.8. The van der Waals surface area contributed by atoms with E-state index in [9.17, 15) is 9.59 Å². The van der Waals surface area contributed by atoms with E-state index in [0.29, 0.717) is 6.54 Å². The molecule has 3 N–H and O–H groups in total. The number of nitrogens with two attached hydrogens (primary N) is 1. The molecule has 21 heavy (non-hydrogen) atoms. The number of carbonyl (C=O) groups excluding carboxylic acids is 2. The second kappa shape index (κ2) is 5.39. The van der Waals surface area contributed by atoms with Crippen LogP contribution in [0.3, 0.4) is 0 Å². The largest absolute Gasteiger partial charge is 0.352 e. The molecule has 2 rings (SSSR count). The van der Waals surface area contributed by atoms with Gasteiger partial charge in [-0.2, -0.15) is 0 Å².